The number of benzene rings is 1. The topological polar surface area (TPSA) is 81.8 Å². The Morgan fingerprint density at radius 1 is 1.25 bits per heavy atom. The van der Waals surface area contributed by atoms with Gasteiger partial charge in [-0.05, 0) is 12.1 Å². The molecule has 100 valence electrons. The number of para-hydroxylation sites is 1. The molecule has 0 bridgehead atoms. The lowest BCUT2D eigenvalue weighted by Gasteiger charge is -2.05. The summed E-state index contributed by atoms with van der Waals surface area (Å²) in [5, 5.41) is 4.51. The number of aromatic nitrogens is 4. The number of fused-ring (bicyclic) bond motifs is 1. The summed E-state index contributed by atoms with van der Waals surface area (Å²) in [6, 6.07) is 9.38. The highest BCUT2D eigenvalue weighted by Gasteiger charge is 2.11. The Kier molecular flexibility index (Phi) is 2.79. The number of nitrogens with zero attached hydrogens (tertiary/aromatic N) is 4. The molecule has 1 aromatic carbocycles. The van der Waals surface area contributed by atoms with Gasteiger partial charge in [0.25, 0.3) is 5.56 Å². The van der Waals surface area contributed by atoms with E-state index in [0.717, 1.165) is 10.4 Å². The third-order valence-corrected chi connectivity index (χ3v) is 2.77. The van der Waals surface area contributed by atoms with Crippen molar-refractivity contribution in [1.82, 2.24) is 19.4 Å². The Morgan fingerprint density at radius 2 is 2.00 bits per heavy atom. The van der Waals surface area contributed by atoms with Gasteiger partial charge >= 0.3 is 0 Å². The summed E-state index contributed by atoms with van der Waals surface area (Å²) in [5.41, 5.74) is 3.27. The van der Waals surface area contributed by atoms with Crippen LogP contribution in [0.4, 0.5) is 0 Å². The van der Waals surface area contributed by atoms with Gasteiger partial charge in [-0.2, -0.15) is 5.10 Å². The summed E-state index contributed by atoms with van der Waals surface area (Å²) in [7, 11) is 0. The van der Waals surface area contributed by atoms with E-state index in [1.54, 1.807) is 4.68 Å². The lowest BCUT2D eigenvalue weighted by molar-refractivity contribution is -0.115. The minimum Gasteiger partial charge on any atom is -0.274 e. The molecule has 0 unspecified atom stereocenters. The van der Waals surface area contributed by atoms with Crippen LogP contribution in [0.2, 0.25) is 0 Å². The fourth-order valence-corrected chi connectivity index (χ4v) is 1.92. The first kappa shape index (κ1) is 12.1. The highest BCUT2D eigenvalue weighted by Crippen LogP contribution is 2.12. The fraction of sp³-hybridized carbons (Fsp3) is 0.0769. The third kappa shape index (κ3) is 1.95. The van der Waals surface area contributed by atoms with Gasteiger partial charge in [-0.3, -0.25) is 15.0 Å². The van der Waals surface area contributed by atoms with Gasteiger partial charge < -0.3 is 0 Å². The number of rotatable bonds is 2. The molecule has 3 rings (SSSR count). The van der Waals surface area contributed by atoms with Gasteiger partial charge in [-0.1, -0.05) is 18.2 Å². The monoisotopic (exact) mass is 269 g/mol. The number of carbonyl (C=O) groups excluding carboxylic acids is 1. The fourth-order valence-electron chi connectivity index (χ4n) is 1.92. The van der Waals surface area contributed by atoms with Crippen molar-refractivity contribution in [3.05, 3.63) is 53.2 Å². The van der Waals surface area contributed by atoms with E-state index >= 15 is 0 Å². The van der Waals surface area contributed by atoms with Gasteiger partial charge in [0.05, 0.1) is 11.9 Å². The van der Waals surface area contributed by atoms with E-state index in [9.17, 15) is 9.59 Å². The predicted octanol–water partition coefficient (Wildman–Crippen LogP) is 0.672. The minimum absolute atomic E-state index is 0.338. The zero-order valence-electron chi connectivity index (χ0n) is 10.6. The summed E-state index contributed by atoms with van der Waals surface area (Å²) in [6.45, 7) is 1.32. The molecular weight excluding hydrogens is 258 g/mol. The van der Waals surface area contributed by atoms with Crippen LogP contribution in [0.5, 0.6) is 0 Å². The first-order valence-corrected chi connectivity index (χ1v) is 5.95. The highest BCUT2D eigenvalue weighted by molar-refractivity contribution is 5.81. The van der Waals surface area contributed by atoms with Crippen LogP contribution in [0, 0.1) is 0 Å². The van der Waals surface area contributed by atoms with Crippen LogP contribution in [-0.4, -0.2) is 25.3 Å². The summed E-state index contributed by atoms with van der Waals surface area (Å²) >= 11 is 0. The molecule has 3 aromatic rings. The molecule has 0 spiro atoms. The van der Waals surface area contributed by atoms with Crippen molar-refractivity contribution in [2.24, 2.45) is 0 Å². The van der Waals surface area contributed by atoms with E-state index in [-0.39, 0.29) is 11.5 Å². The largest absolute Gasteiger partial charge is 0.283 e. The van der Waals surface area contributed by atoms with Crippen molar-refractivity contribution in [2.45, 2.75) is 6.92 Å². The van der Waals surface area contributed by atoms with E-state index in [1.165, 1.54) is 19.4 Å². The molecule has 0 radical (unpaired) electrons. The van der Waals surface area contributed by atoms with E-state index < -0.39 is 0 Å². The number of carbonyl (C=O) groups is 1. The summed E-state index contributed by atoms with van der Waals surface area (Å²) in [6.07, 6.45) is 2.71. The molecule has 1 N–H and O–H groups in total. The average Bonchev–Trinajstić information content (AvgIpc) is 2.87. The molecule has 0 atom stereocenters. The van der Waals surface area contributed by atoms with Crippen molar-refractivity contribution in [3.63, 3.8) is 0 Å². The molecule has 0 aliphatic rings. The first-order valence-electron chi connectivity index (χ1n) is 5.95. The van der Waals surface area contributed by atoms with Gasteiger partial charge in [-0.15, -0.1) is 0 Å². The van der Waals surface area contributed by atoms with Crippen molar-refractivity contribution >= 4 is 16.9 Å². The van der Waals surface area contributed by atoms with Crippen LogP contribution in [0.15, 0.2) is 47.7 Å². The van der Waals surface area contributed by atoms with Crippen LogP contribution >= 0.6 is 0 Å². The number of hydrogen-bond acceptors (Lipinski definition) is 4. The SMILES string of the molecule is CC(=O)Nn1cnc2c(cnn2-c2ccccc2)c1=O. The second kappa shape index (κ2) is 4.61. The van der Waals surface area contributed by atoms with Crippen molar-refractivity contribution in [3.8, 4) is 5.69 Å². The van der Waals surface area contributed by atoms with Gasteiger partial charge in [0.15, 0.2) is 5.65 Å². The molecule has 7 heteroatoms. The normalized spacial score (nSPS) is 10.7. The molecule has 0 saturated carbocycles. The van der Waals surface area contributed by atoms with Crippen molar-refractivity contribution < 1.29 is 4.79 Å². The van der Waals surface area contributed by atoms with E-state index in [2.05, 4.69) is 15.5 Å². The van der Waals surface area contributed by atoms with Crippen LogP contribution in [0.3, 0.4) is 0 Å². The summed E-state index contributed by atoms with van der Waals surface area (Å²) < 4.78 is 2.62. The smallest absolute Gasteiger partial charge is 0.274 e. The summed E-state index contributed by atoms with van der Waals surface area (Å²) in [4.78, 5) is 27.4. The lowest BCUT2D eigenvalue weighted by Crippen LogP contribution is -2.31. The van der Waals surface area contributed by atoms with Crippen LogP contribution < -0.4 is 11.0 Å². The number of nitrogens with one attached hydrogen (secondary N) is 1. The Labute approximate surface area is 113 Å². The zero-order chi connectivity index (χ0) is 14.1. The third-order valence-electron chi connectivity index (χ3n) is 2.77. The second-order valence-electron chi connectivity index (χ2n) is 4.22. The molecular formula is C13H11N5O2. The summed E-state index contributed by atoms with van der Waals surface area (Å²) in [5.74, 6) is -0.344. The Morgan fingerprint density at radius 3 is 2.70 bits per heavy atom. The van der Waals surface area contributed by atoms with Gasteiger partial charge in [-0.25, -0.2) is 14.3 Å². The molecule has 2 heterocycles. The molecule has 2 aromatic heterocycles. The quantitative estimate of drug-likeness (QED) is 0.741. The van der Waals surface area contributed by atoms with E-state index in [1.807, 2.05) is 30.3 Å². The molecule has 0 aliphatic carbocycles. The molecule has 0 fully saturated rings. The average molecular weight is 269 g/mol. The van der Waals surface area contributed by atoms with Crippen molar-refractivity contribution in [1.29, 1.82) is 0 Å². The van der Waals surface area contributed by atoms with Crippen LogP contribution in [-0.2, 0) is 4.79 Å². The lowest BCUT2D eigenvalue weighted by atomic mass is 10.3. The van der Waals surface area contributed by atoms with Crippen LogP contribution in [0.25, 0.3) is 16.7 Å². The standard InChI is InChI=1S/C13H11N5O2/c1-9(19)16-17-8-14-12-11(13(17)20)7-15-18(12)10-5-3-2-4-6-10/h2-8H,1H3,(H,16,19). The maximum atomic E-state index is 12.2. The Bertz CT molecular complexity index is 835. The minimum atomic E-state index is -0.368. The Hall–Kier alpha value is -2.96. The number of amides is 1. The van der Waals surface area contributed by atoms with Gasteiger partial charge in [0.1, 0.15) is 11.7 Å². The maximum Gasteiger partial charge on any atom is 0.283 e. The highest BCUT2D eigenvalue weighted by atomic mass is 16.2. The molecule has 1 amide bonds. The van der Waals surface area contributed by atoms with Crippen molar-refractivity contribution in [2.75, 3.05) is 5.43 Å². The second-order valence-corrected chi connectivity index (χ2v) is 4.22. The molecule has 0 aliphatic heterocycles. The predicted molar refractivity (Wildman–Crippen MR) is 73.2 cm³/mol. The molecule has 20 heavy (non-hydrogen) atoms. The maximum absolute atomic E-state index is 12.2. The number of hydrogen-bond donors (Lipinski definition) is 1. The molecule has 7 nitrogen and oxygen atoms in total. The van der Waals surface area contributed by atoms with Gasteiger partial charge in [0.2, 0.25) is 5.91 Å². The van der Waals surface area contributed by atoms with Crippen LogP contribution in [0.1, 0.15) is 6.92 Å². The Balaban J connectivity index is 2.18. The van der Waals surface area contributed by atoms with E-state index in [4.69, 9.17) is 0 Å². The van der Waals surface area contributed by atoms with E-state index in [0.29, 0.717) is 11.0 Å². The first-order chi connectivity index (χ1) is 9.66. The van der Waals surface area contributed by atoms with Gasteiger partial charge in [0, 0.05) is 6.92 Å². The zero-order valence-corrected chi connectivity index (χ0v) is 10.6. The molecule has 0 saturated heterocycles.